The highest BCUT2D eigenvalue weighted by Gasteiger charge is 2.20. The molecule has 4 nitrogen and oxygen atoms in total. The lowest BCUT2D eigenvalue weighted by molar-refractivity contribution is 0.124. The maximum Gasteiger partial charge on any atom is 0.0591 e. The average Bonchev–Trinajstić information content (AvgIpc) is 2.99. The molecule has 1 saturated carbocycles. The van der Waals surface area contributed by atoms with E-state index in [2.05, 4.69) is 22.4 Å². The van der Waals surface area contributed by atoms with Crippen LogP contribution in [0.1, 0.15) is 37.1 Å². The molecule has 16 heavy (non-hydrogen) atoms. The first-order valence-corrected chi connectivity index (χ1v) is 6.08. The summed E-state index contributed by atoms with van der Waals surface area (Å²) < 4.78 is 5.57. The fourth-order valence-electron chi connectivity index (χ4n) is 1.79. The van der Waals surface area contributed by atoms with Gasteiger partial charge in [0.05, 0.1) is 12.8 Å². The van der Waals surface area contributed by atoms with E-state index in [0.29, 0.717) is 6.04 Å². The van der Waals surface area contributed by atoms with Gasteiger partial charge in [0.25, 0.3) is 0 Å². The molecule has 1 unspecified atom stereocenters. The Balaban J connectivity index is 1.59. The van der Waals surface area contributed by atoms with Gasteiger partial charge < -0.3 is 10.1 Å². The SMILES string of the molecule is Cc1[nH]ncc1C(C)NCCOCC1CC1. The maximum atomic E-state index is 5.57. The first-order chi connectivity index (χ1) is 7.77. The highest BCUT2D eigenvalue weighted by atomic mass is 16.5. The molecule has 0 aliphatic heterocycles. The third-order valence-corrected chi connectivity index (χ3v) is 3.08. The van der Waals surface area contributed by atoms with E-state index in [9.17, 15) is 0 Å². The van der Waals surface area contributed by atoms with Crippen molar-refractivity contribution in [2.45, 2.75) is 32.7 Å². The Labute approximate surface area is 96.8 Å². The second kappa shape index (κ2) is 5.46. The second-order valence-corrected chi connectivity index (χ2v) is 4.64. The van der Waals surface area contributed by atoms with Crippen molar-refractivity contribution in [1.82, 2.24) is 15.5 Å². The van der Waals surface area contributed by atoms with E-state index < -0.39 is 0 Å². The minimum absolute atomic E-state index is 0.336. The number of aromatic amines is 1. The van der Waals surface area contributed by atoms with E-state index in [1.807, 2.05) is 13.1 Å². The van der Waals surface area contributed by atoms with Gasteiger partial charge in [0, 0.05) is 30.5 Å². The molecule has 0 bridgehead atoms. The monoisotopic (exact) mass is 223 g/mol. The molecule has 90 valence electrons. The van der Waals surface area contributed by atoms with Gasteiger partial charge in [-0.15, -0.1) is 0 Å². The zero-order valence-corrected chi connectivity index (χ0v) is 10.1. The topological polar surface area (TPSA) is 49.9 Å². The number of rotatable bonds is 7. The fraction of sp³-hybridized carbons (Fsp3) is 0.750. The zero-order chi connectivity index (χ0) is 11.4. The van der Waals surface area contributed by atoms with Crippen LogP contribution in [0.2, 0.25) is 0 Å². The van der Waals surface area contributed by atoms with Gasteiger partial charge in [-0.2, -0.15) is 5.10 Å². The normalized spacial score (nSPS) is 17.6. The van der Waals surface area contributed by atoms with Crippen molar-refractivity contribution < 1.29 is 4.74 Å². The molecule has 1 aliphatic carbocycles. The number of ether oxygens (including phenoxy) is 1. The van der Waals surface area contributed by atoms with Crippen molar-refractivity contribution >= 4 is 0 Å². The third-order valence-electron chi connectivity index (χ3n) is 3.08. The van der Waals surface area contributed by atoms with Crippen LogP contribution >= 0.6 is 0 Å². The molecule has 0 amide bonds. The van der Waals surface area contributed by atoms with Crippen molar-refractivity contribution in [2.24, 2.45) is 5.92 Å². The predicted octanol–water partition coefficient (Wildman–Crippen LogP) is 1.80. The predicted molar refractivity (Wildman–Crippen MR) is 63.3 cm³/mol. The molecule has 1 atom stereocenters. The highest BCUT2D eigenvalue weighted by molar-refractivity contribution is 5.18. The smallest absolute Gasteiger partial charge is 0.0591 e. The Kier molecular flexibility index (Phi) is 3.96. The molecule has 2 N–H and O–H groups in total. The van der Waals surface area contributed by atoms with E-state index in [0.717, 1.165) is 31.4 Å². The highest BCUT2D eigenvalue weighted by Crippen LogP contribution is 2.28. The molecule has 0 saturated heterocycles. The van der Waals surface area contributed by atoms with Gasteiger partial charge in [0.15, 0.2) is 0 Å². The molecule has 0 aromatic carbocycles. The van der Waals surface area contributed by atoms with E-state index in [4.69, 9.17) is 4.74 Å². The number of H-pyrrole nitrogens is 1. The molecular formula is C12H21N3O. The molecule has 2 rings (SSSR count). The van der Waals surface area contributed by atoms with Gasteiger partial charge in [0.2, 0.25) is 0 Å². The lowest BCUT2D eigenvalue weighted by atomic mass is 10.1. The number of aromatic nitrogens is 2. The molecule has 4 heteroatoms. The Morgan fingerprint density at radius 1 is 1.62 bits per heavy atom. The molecule has 0 radical (unpaired) electrons. The number of aryl methyl sites for hydroxylation is 1. The van der Waals surface area contributed by atoms with Crippen molar-refractivity contribution in [3.8, 4) is 0 Å². The van der Waals surface area contributed by atoms with Crippen LogP contribution in [0.5, 0.6) is 0 Å². The first kappa shape index (κ1) is 11.6. The largest absolute Gasteiger partial charge is 0.380 e. The van der Waals surface area contributed by atoms with Crippen LogP contribution < -0.4 is 5.32 Å². The number of hydrogen-bond donors (Lipinski definition) is 2. The van der Waals surface area contributed by atoms with Gasteiger partial charge in [0.1, 0.15) is 0 Å². The van der Waals surface area contributed by atoms with Crippen LogP contribution in [0, 0.1) is 12.8 Å². The lowest BCUT2D eigenvalue weighted by Gasteiger charge is -2.13. The quantitative estimate of drug-likeness (QED) is 0.693. The van der Waals surface area contributed by atoms with E-state index >= 15 is 0 Å². The Bertz CT molecular complexity index is 320. The average molecular weight is 223 g/mol. The van der Waals surface area contributed by atoms with Crippen LogP contribution in [-0.2, 0) is 4.74 Å². The summed E-state index contributed by atoms with van der Waals surface area (Å²) in [5.41, 5.74) is 2.38. The van der Waals surface area contributed by atoms with Crippen LogP contribution in [-0.4, -0.2) is 30.0 Å². The number of nitrogens with zero attached hydrogens (tertiary/aromatic N) is 1. The second-order valence-electron chi connectivity index (χ2n) is 4.64. The Hall–Kier alpha value is -0.870. The van der Waals surface area contributed by atoms with Crippen LogP contribution in [0.15, 0.2) is 6.20 Å². The summed E-state index contributed by atoms with van der Waals surface area (Å²) >= 11 is 0. The molecule has 0 spiro atoms. The molecule has 1 heterocycles. The maximum absolute atomic E-state index is 5.57. The molecule has 1 aromatic heterocycles. The summed E-state index contributed by atoms with van der Waals surface area (Å²) in [6.07, 6.45) is 4.61. The zero-order valence-electron chi connectivity index (χ0n) is 10.1. The Morgan fingerprint density at radius 3 is 3.06 bits per heavy atom. The number of hydrogen-bond acceptors (Lipinski definition) is 3. The fourth-order valence-corrected chi connectivity index (χ4v) is 1.79. The minimum atomic E-state index is 0.336. The molecule has 1 aliphatic rings. The van der Waals surface area contributed by atoms with Gasteiger partial charge in [-0.3, -0.25) is 5.10 Å². The number of nitrogens with one attached hydrogen (secondary N) is 2. The van der Waals surface area contributed by atoms with E-state index in [1.54, 1.807) is 0 Å². The van der Waals surface area contributed by atoms with E-state index in [1.165, 1.54) is 18.4 Å². The standard InChI is InChI=1S/C12H21N3O/c1-9(12-7-14-15-10(12)2)13-5-6-16-8-11-3-4-11/h7,9,11,13H,3-6,8H2,1-2H3,(H,14,15). The summed E-state index contributed by atoms with van der Waals surface area (Å²) in [5.74, 6) is 0.855. The minimum Gasteiger partial charge on any atom is -0.380 e. The third kappa shape index (κ3) is 3.32. The van der Waals surface area contributed by atoms with Crippen molar-refractivity contribution in [2.75, 3.05) is 19.8 Å². The van der Waals surface area contributed by atoms with Gasteiger partial charge in [-0.25, -0.2) is 0 Å². The van der Waals surface area contributed by atoms with Crippen molar-refractivity contribution in [3.63, 3.8) is 0 Å². The summed E-state index contributed by atoms with van der Waals surface area (Å²) in [7, 11) is 0. The molecule has 1 fully saturated rings. The first-order valence-electron chi connectivity index (χ1n) is 6.08. The van der Waals surface area contributed by atoms with Crippen LogP contribution in [0.25, 0.3) is 0 Å². The molecular weight excluding hydrogens is 202 g/mol. The summed E-state index contributed by atoms with van der Waals surface area (Å²) in [5, 5.41) is 10.4. The lowest BCUT2D eigenvalue weighted by Crippen LogP contribution is -2.23. The van der Waals surface area contributed by atoms with Crippen molar-refractivity contribution in [1.29, 1.82) is 0 Å². The van der Waals surface area contributed by atoms with Crippen LogP contribution in [0.4, 0.5) is 0 Å². The van der Waals surface area contributed by atoms with E-state index in [-0.39, 0.29) is 0 Å². The van der Waals surface area contributed by atoms with Gasteiger partial charge in [-0.05, 0) is 32.6 Å². The summed E-state index contributed by atoms with van der Waals surface area (Å²) in [6, 6.07) is 0.336. The van der Waals surface area contributed by atoms with Crippen LogP contribution in [0.3, 0.4) is 0 Å². The van der Waals surface area contributed by atoms with Gasteiger partial charge in [-0.1, -0.05) is 0 Å². The van der Waals surface area contributed by atoms with Gasteiger partial charge >= 0.3 is 0 Å². The molecule has 1 aromatic rings. The summed E-state index contributed by atoms with van der Waals surface area (Å²) in [6.45, 7) is 6.85. The van der Waals surface area contributed by atoms with Crippen molar-refractivity contribution in [3.05, 3.63) is 17.5 Å². The summed E-state index contributed by atoms with van der Waals surface area (Å²) in [4.78, 5) is 0. The Morgan fingerprint density at radius 2 is 2.44 bits per heavy atom.